The number of anilines is 1. The molecule has 0 spiro atoms. The number of hydrogen-bond donors (Lipinski definition) is 1. The van der Waals surface area contributed by atoms with E-state index in [0.717, 1.165) is 20.1 Å². The van der Waals surface area contributed by atoms with Crippen LogP contribution in [-0.4, -0.2) is 22.8 Å². The summed E-state index contributed by atoms with van der Waals surface area (Å²) < 4.78 is 1.14. The minimum absolute atomic E-state index is 0.0148. The molecule has 4 nitrogen and oxygen atoms in total. The summed E-state index contributed by atoms with van der Waals surface area (Å²) in [5.41, 5.74) is 7.47. The Bertz CT molecular complexity index is 754. The average molecular weight is 317 g/mol. The molecule has 2 aromatic heterocycles. The first-order valence-corrected chi connectivity index (χ1v) is 8.13. The molecule has 108 valence electrons. The maximum absolute atomic E-state index is 12.4. The molecule has 21 heavy (non-hydrogen) atoms. The normalized spacial score (nSPS) is 11.0. The van der Waals surface area contributed by atoms with Gasteiger partial charge in [0.2, 0.25) is 0 Å². The van der Waals surface area contributed by atoms with Crippen LogP contribution in [0.25, 0.3) is 10.2 Å². The SMILES string of the molecule is Cc1sc(C(=O)N(C)Cc2nc3ccccc3s2)cc1N. The predicted molar refractivity (Wildman–Crippen MR) is 88.9 cm³/mol. The van der Waals surface area contributed by atoms with Crippen molar-refractivity contribution in [3.63, 3.8) is 0 Å². The van der Waals surface area contributed by atoms with Gasteiger partial charge in [-0.15, -0.1) is 22.7 Å². The van der Waals surface area contributed by atoms with Gasteiger partial charge in [-0.25, -0.2) is 4.98 Å². The Kier molecular flexibility index (Phi) is 3.65. The molecule has 2 N–H and O–H groups in total. The number of thiophene rings is 1. The molecule has 3 rings (SSSR count). The molecule has 6 heteroatoms. The van der Waals surface area contributed by atoms with E-state index < -0.39 is 0 Å². The molecule has 0 saturated heterocycles. The Morgan fingerprint density at radius 3 is 2.76 bits per heavy atom. The number of para-hydroxylation sites is 1. The van der Waals surface area contributed by atoms with Crippen molar-refractivity contribution in [1.82, 2.24) is 9.88 Å². The van der Waals surface area contributed by atoms with Crippen LogP contribution < -0.4 is 5.73 Å². The van der Waals surface area contributed by atoms with E-state index in [0.29, 0.717) is 17.1 Å². The summed E-state index contributed by atoms with van der Waals surface area (Å²) in [6.07, 6.45) is 0. The van der Waals surface area contributed by atoms with Crippen molar-refractivity contribution >= 4 is 44.5 Å². The van der Waals surface area contributed by atoms with E-state index >= 15 is 0 Å². The third-order valence-corrected chi connectivity index (χ3v) is 5.30. The first-order chi connectivity index (χ1) is 10.0. The van der Waals surface area contributed by atoms with Gasteiger partial charge < -0.3 is 10.6 Å². The van der Waals surface area contributed by atoms with Crippen LogP contribution in [0.3, 0.4) is 0 Å². The quantitative estimate of drug-likeness (QED) is 0.804. The second kappa shape index (κ2) is 5.46. The number of benzene rings is 1. The highest BCUT2D eigenvalue weighted by Gasteiger charge is 2.17. The predicted octanol–water partition coefficient (Wildman–Crippen LogP) is 3.52. The minimum atomic E-state index is -0.0148. The molecule has 0 saturated carbocycles. The molecule has 0 bridgehead atoms. The highest BCUT2D eigenvalue weighted by molar-refractivity contribution is 7.18. The number of aryl methyl sites for hydroxylation is 1. The maximum atomic E-state index is 12.4. The summed E-state index contributed by atoms with van der Waals surface area (Å²) >= 11 is 3.05. The van der Waals surface area contributed by atoms with Gasteiger partial charge in [0.1, 0.15) is 5.01 Å². The third-order valence-electron chi connectivity index (χ3n) is 3.22. The summed E-state index contributed by atoms with van der Waals surface area (Å²) in [7, 11) is 1.79. The number of hydrogen-bond acceptors (Lipinski definition) is 5. The maximum Gasteiger partial charge on any atom is 0.264 e. The van der Waals surface area contributed by atoms with Crippen LogP contribution >= 0.6 is 22.7 Å². The van der Waals surface area contributed by atoms with Crippen LogP contribution in [0, 0.1) is 6.92 Å². The number of thiazole rings is 1. The topological polar surface area (TPSA) is 59.2 Å². The Morgan fingerprint density at radius 1 is 1.33 bits per heavy atom. The second-order valence-corrected chi connectivity index (χ2v) is 7.23. The van der Waals surface area contributed by atoms with Gasteiger partial charge in [0.05, 0.1) is 21.6 Å². The average Bonchev–Trinajstić information content (AvgIpc) is 3.01. The zero-order valence-corrected chi connectivity index (χ0v) is 13.4. The number of nitrogens with two attached hydrogens (primary N) is 1. The van der Waals surface area contributed by atoms with Crippen LogP contribution in [0.4, 0.5) is 5.69 Å². The molecule has 0 radical (unpaired) electrons. The molecule has 2 heterocycles. The van der Waals surface area contributed by atoms with Gasteiger partial charge >= 0.3 is 0 Å². The lowest BCUT2D eigenvalue weighted by Gasteiger charge is -2.14. The fourth-order valence-electron chi connectivity index (χ4n) is 2.05. The molecule has 0 aliphatic rings. The van der Waals surface area contributed by atoms with Gasteiger partial charge in [0.25, 0.3) is 5.91 Å². The Labute approximate surface area is 130 Å². The highest BCUT2D eigenvalue weighted by atomic mass is 32.1. The van der Waals surface area contributed by atoms with E-state index in [1.54, 1.807) is 29.4 Å². The lowest BCUT2D eigenvalue weighted by atomic mass is 10.3. The van der Waals surface area contributed by atoms with Crippen molar-refractivity contribution in [3.05, 3.63) is 45.1 Å². The molecular weight excluding hydrogens is 302 g/mol. The van der Waals surface area contributed by atoms with E-state index in [1.165, 1.54) is 11.3 Å². The van der Waals surface area contributed by atoms with Crippen LogP contribution in [0.15, 0.2) is 30.3 Å². The number of amides is 1. The Morgan fingerprint density at radius 2 is 2.10 bits per heavy atom. The van der Waals surface area contributed by atoms with Gasteiger partial charge in [-0.1, -0.05) is 12.1 Å². The number of nitrogens with zero attached hydrogens (tertiary/aromatic N) is 2. The van der Waals surface area contributed by atoms with Crippen molar-refractivity contribution < 1.29 is 4.79 Å². The first kappa shape index (κ1) is 14.0. The highest BCUT2D eigenvalue weighted by Crippen LogP contribution is 2.26. The fraction of sp³-hybridized carbons (Fsp3) is 0.200. The molecular formula is C15H15N3OS2. The largest absolute Gasteiger partial charge is 0.398 e. The van der Waals surface area contributed by atoms with Crippen molar-refractivity contribution in [2.75, 3.05) is 12.8 Å². The molecule has 0 fully saturated rings. The van der Waals surface area contributed by atoms with Gasteiger partial charge in [-0.05, 0) is 25.1 Å². The van der Waals surface area contributed by atoms with Crippen LogP contribution in [0.5, 0.6) is 0 Å². The number of fused-ring (bicyclic) bond motifs is 1. The molecule has 1 amide bonds. The molecule has 0 aliphatic heterocycles. The summed E-state index contributed by atoms with van der Waals surface area (Å²) in [4.78, 5) is 20.3. The number of carbonyl (C=O) groups is 1. The molecule has 3 aromatic rings. The molecule has 0 unspecified atom stereocenters. The zero-order chi connectivity index (χ0) is 15.0. The second-order valence-electron chi connectivity index (χ2n) is 4.86. The Hall–Kier alpha value is -1.92. The van der Waals surface area contributed by atoms with Gasteiger partial charge in [-0.3, -0.25) is 4.79 Å². The minimum Gasteiger partial charge on any atom is -0.398 e. The lowest BCUT2D eigenvalue weighted by Crippen LogP contribution is -2.25. The third kappa shape index (κ3) is 2.77. The van der Waals surface area contributed by atoms with Gasteiger partial charge in [0, 0.05) is 17.6 Å². The van der Waals surface area contributed by atoms with E-state index in [9.17, 15) is 4.79 Å². The monoisotopic (exact) mass is 317 g/mol. The lowest BCUT2D eigenvalue weighted by molar-refractivity contribution is 0.0790. The zero-order valence-electron chi connectivity index (χ0n) is 11.8. The van der Waals surface area contributed by atoms with Crippen molar-refractivity contribution in [3.8, 4) is 0 Å². The number of rotatable bonds is 3. The summed E-state index contributed by atoms with van der Waals surface area (Å²) in [6, 6.07) is 9.74. The Balaban J connectivity index is 1.79. The van der Waals surface area contributed by atoms with E-state index in [-0.39, 0.29) is 5.91 Å². The number of aromatic nitrogens is 1. The van der Waals surface area contributed by atoms with Crippen LogP contribution in [0.1, 0.15) is 19.6 Å². The fourth-order valence-corrected chi connectivity index (χ4v) is 4.01. The molecule has 1 aromatic carbocycles. The van der Waals surface area contributed by atoms with E-state index in [1.807, 2.05) is 31.2 Å². The van der Waals surface area contributed by atoms with Crippen LogP contribution in [0.2, 0.25) is 0 Å². The summed E-state index contributed by atoms with van der Waals surface area (Å²) in [5.74, 6) is -0.0148. The van der Waals surface area contributed by atoms with Crippen molar-refractivity contribution in [2.24, 2.45) is 0 Å². The van der Waals surface area contributed by atoms with E-state index in [4.69, 9.17) is 5.73 Å². The summed E-state index contributed by atoms with van der Waals surface area (Å²) in [6.45, 7) is 2.43. The van der Waals surface area contributed by atoms with Crippen LogP contribution in [-0.2, 0) is 6.54 Å². The smallest absolute Gasteiger partial charge is 0.264 e. The molecule has 0 aliphatic carbocycles. The van der Waals surface area contributed by atoms with Crippen molar-refractivity contribution in [1.29, 1.82) is 0 Å². The number of carbonyl (C=O) groups excluding carboxylic acids is 1. The van der Waals surface area contributed by atoms with Crippen molar-refractivity contribution in [2.45, 2.75) is 13.5 Å². The van der Waals surface area contributed by atoms with Gasteiger partial charge in [-0.2, -0.15) is 0 Å². The summed E-state index contributed by atoms with van der Waals surface area (Å²) in [5, 5.41) is 0.938. The number of nitrogen functional groups attached to an aromatic ring is 1. The first-order valence-electron chi connectivity index (χ1n) is 6.50. The molecule has 0 atom stereocenters. The van der Waals surface area contributed by atoms with E-state index in [2.05, 4.69) is 4.98 Å². The van der Waals surface area contributed by atoms with Gasteiger partial charge in [0.15, 0.2) is 0 Å². The standard InChI is InChI=1S/C15H15N3OS2/c1-9-10(16)7-13(20-9)15(19)18(2)8-14-17-11-5-3-4-6-12(11)21-14/h3-7H,8,16H2,1-2H3.